The second-order valence-electron chi connectivity index (χ2n) is 6.04. The largest absolute Gasteiger partial charge is 0.493 e. The predicted molar refractivity (Wildman–Crippen MR) is 96.9 cm³/mol. The van der Waals surface area contributed by atoms with Gasteiger partial charge in [-0.1, -0.05) is 18.9 Å². The summed E-state index contributed by atoms with van der Waals surface area (Å²) >= 11 is 0. The van der Waals surface area contributed by atoms with Crippen molar-refractivity contribution in [1.82, 2.24) is 9.78 Å². The third kappa shape index (κ3) is 4.02. The van der Waals surface area contributed by atoms with E-state index in [1.54, 1.807) is 26.5 Å². The Balaban J connectivity index is 1.67. The smallest absolute Gasteiger partial charge is 0.249 e. The van der Waals surface area contributed by atoms with Gasteiger partial charge in [0.1, 0.15) is 5.82 Å². The van der Waals surface area contributed by atoms with Crippen molar-refractivity contribution < 1.29 is 14.3 Å². The quantitative estimate of drug-likeness (QED) is 0.814. The minimum absolute atomic E-state index is 0.186. The number of nitrogens with zero attached hydrogens (tertiary/aromatic N) is 2. The Morgan fingerprint density at radius 3 is 2.68 bits per heavy atom. The lowest BCUT2D eigenvalue weighted by atomic mass is 10.2. The molecule has 1 heterocycles. The number of benzene rings is 1. The maximum Gasteiger partial charge on any atom is 0.249 e. The Morgan fingerprint density at radius 1 is 1.20 bits per heavy atom. The molecule has 0 bridgehead atoms. The number of methoxy groups -OCH3 is 2. The van der Waals surface area contributed by atoms with Crippen molar-refractivity contribution in [2.75, 3.05) is 19.5 Å². The van der Waals surface area contributed by atoms with Crippen LogP contribution >= 0.6 is 0 Å². The first-order chi connectivity index (χ1) is 12.2. The van der Waals surface area contributed by atoms with Crippen LogP contribution in [0.3, 0.4) is 0 Å². The van der Waals surface area contributed by atoms with Crippen molar-refractivity contribution in [2.45, 2.75) is 31.7 Å². The average molecular weight is 341 g/mol. The fourth-order valence-corrected chi connectivity index (χ4v) is 3.15. The molecule has 1 N–H and O–H groups in total. The van der Waals surface area contributed by atoms with Crippen LogP contribution in [0, 0.1) is 0 Å². The first-order valence-corrected chi connectivity index (χ1v) is 8.46. The van der Waals surface area contributed by atoms with Gasteiger partial charge in [-0.3, -0.25) is 4.79 Å². The third-order valence-electron chi connectivity index (χ3n) is 4.43. The number of nitrogens with one attached hydrogen (secondary N) is 1. The molecule has 0 saturated heterocycles. The number of carbonyl (C=O) groups is 1. The number of hydrogen-bond acceptors (Lipinski definition) is 4. The van der Waals surface area contributed by atoms with E-state index in [4.69, 9.17) is 9.47 Å². The Bertz CT molecular complexity index is 761. The molecular weight excluding hydrogens is 318 g/mol. The zero-order valence-corrected chi connectivity index (χ0v) is 14.6. The molecule has 2 aromatic rings. The van der Waals surface area contributed by atoms with Gasteiger partial charge in [0.25, 0.3) is 0 Å². The first kappa shape index (κ1) is 17.1. The first-order valence-electron chi connectivity index (χ1n) is 8.46. The van der Waals surface area contributed by atoms with E-state index in [2.05, 4.69) is 10.4 Å². The van der Waals surface area contributed by atoms with E-state index < -0.39 is 0 Å². The van der Waals surface area contributed by atoms with Gasteiger partial charge >= 0.3 is 0 Å². The number of amides is 1. The molecule has 0 spiro atoms. The Kier molecular flexibility index (Phi) is 5.38. The van der Waals surface area contributed by atoms with Gasteiger partial charge in [0, 0.05) is 12.1 Å². The molecular formula is C19H23N3O3. The highest BCUT2D eigenvalue weighted by atomic mass is 16.5. The van der Waals surface area contributed by atoms with Crippen LogP contribution in [0.5, 0.6) is 11.5 Å². The molecule has 6 heteroatoms. The van der Waals surface area contributed by atoms with Crippen molar-refractivity contribution in [3.63, 3.8) is 0 Å². The molecule has 1 amide bonds. The van der Waals surface area contributed by atoms with Crippen molar-refractivity contribution in [1.29, 1.82) is 0 Å². The highest BCUT2D eigenvalue weighted by molar-refractivity contribution is 6.01. The predicted octanol–water partition coefficient (Wildman–Crippen LogP) is 3.67. The van der Waals surface area contributed by atoms with Crippen LogP contribution in [0.25, 0.3) is 6.08 Å². The third-order valence-corrected chi connectivity index (χ3v) is 4.43. The molecule has 1 aromatic heterocycles. The summed E-state index contributed by atoms with van der Waals surface area (Å²) in [6, 6.07) is 7.73. The summed E-state index contributed by atoms with van der Waals surface area (Å²) in [6.07, 6.45) is 9.65. The lowest BCUT2D eigenvalue weighted by molar-refractivity contribution is -0.111. The maximum atomic E-state index is 12.2. The lowest BCUT2D eigenvalue weighted by Crippen LogP contribution is -2.15. The molecule has 0 unspecified atom stereocenters. The van der Waals surface area contributed by atoms with E-state index >= 15 is 0 Å². The van der Waals surface area contributed by atoms with Gasteiger partial charge in [0.05, 0.1) is 26.5 Å². The Hall–Kier alpha value is -2.76. The number of ether oxygens (including phenoxy) is 2. The Labute approximate surface area is 147 Å². The van der Waals surface area contributed by atoms with E-state index in [9.17, 15) is 4.79 Å². The zero-order chi connectivity index (χ0) is 17.6. The van der Waals surface area contributed by atoms with E-state index in [0.29, 0.717) is 17.5 Å². The summed E-state index contributed by atoms with van der Waals surface area (Å²) in [5.74, 6) is 1.84. The molecule has 1 aliphatic carbocycles. The molecule has 1 aromatic carbocycles. The van der Waals surface area contributed by atoms with Crippen molar-refractivity contribution in [2.24, 2.45) is 0 Å². The van der Waals surface area contributed by atoms with Crippen LogP contribution < -0.4 is 14.8 Å². The number of rotatable bonds is 6. The van der Waals surface area contributed by atoms with Gasteiger partial charge in [-0.2, -0.15) is 5.10 Å². The van der Waals surface area contributed by atoms with E-state index in [1.807, 2.05) is 28.9 Å². The summed E-state index contributed by atoms with van der Waals surface area (Å²) in [5.41, 5.74) is 0.858. The van der Waals surface area contributed by atoms with Gasteiger partial charge in [-0.25, -0.2) is 4.68 Å². The summed E-state index contributed by atoms with van der Waals surface area (Å²) < 4.78 is 12.4. The molecule has 6 nitrogen and oxygen atoms in total. The maximum absolute atomic E-state index is 12.2. The van der Waals surface area contributed by atoms with Crippen molar-refractivity contribution in [3.8, 4) is 11.5 Å². The summed E-state index contributed by atoms with van der Waals surface area (Å²) in [7, 11) is 3.18. The fraction of sp³-hybridized carbons (Fsp3) is 0.368. The number of aromatic nitrogens is 2. The van der Waals surface area contributed by atoms with Gasteiger partial charge in [0.2, 0.25) is 5.91 Å². The number of carbonyl (C=O) groups excluding carboxylic acids is 1. The van der Waals surface area contributed by atoms with Gasteiger partial charge in [-0.15, -0.1) is 0 Å². The average Bonchev–Trinajstić information content (AvgIpc) is 3.31. The second-order valence-corrected chi connectivity index (χ2v) is 6.04. The molecule has 3 rings (SSSR count). The van der Waals surface area contributed by atoms with Crippen LogP contribution in [0.15, 0.2) is 36.5 Å². The number of hydrogen-bond donors (Lipinski definition) is 1. The molecule has 132 valence electrons. The van der Waals surface area contributed by atoms with Gasteiger partial charge in [0.15, 0.2) is 11.5 Å². The molecule has 1 fully saturated rings. The molecule has 1 saturated carbocycles. The topological polar surface area (TPSA) is 65.4 Å². The van der Waals surface area contributed by atoms with Crippen LogP contribution in [-0.4, -0.2) is 29.9 Å². The summed E-state index contributed by atoms with van der Waals surface area (Å²) in [6.45, 7) is 0. The molecule has 0 aliphatic heterocycles. The van der Waals surface area contributed by atoms with Gasteiger partial charge < -0.3 is 14.8 Å². The SMILES string of the molecule is COc1ccc(C=CC(=O)Nc2ccnn2C2CCCC2)cc1OC. The second kappa shape index (κ2) is 7.88. The zero-order valence-electron chi connectivity index (χ0n) is 14.6. The standard InChI is InChI=1S/C19H23N3O3/c1-24-16-9-7-14(13-17(16)25-2)8-10-19(23)21-18-11-12-20-22(18)15-5-3-4-6-15/h7-13,15H,3-6H2,1-2H3,(H,21,23). The van der Waals surface area contributed by atoms with Gasteiger partial charge in [-0.05, 0) is 36.6 Å². The summed E-state index contributed by atoms with van der Waals surface area (Å²) in [4.78, 5) is 12.2. The van der Waals surface area contributed by atoms with Crippen LogP contribution in [0.2, 0.25) is 0 Å². The highest BCUT2D eigenvalue weighted by Crippen LogP contribution is 2.31. The minimum atomic E-state index is -0.186. The van der Waals surface area contributed by atoms with Crippen molar-refractivity contribution >= 4 is 17.8 Å². The minimum Gasteiger partial charge on any atom is -0.493 e. The molecule has 1 aliphatic rings. The molecule has 25 heavy (non-hydrogen) atoms. The summed E-state index contributed by atoms with van der Waals surface area (Å²) in [5, 5.41) is 7.27. The van der Waals surface area contributed by atoms with Crippen molar-refractivity contribution in [3.05, 3.63) is 42.1 Å². The lowest BCUT2D eigenvalue weighted by Gasteiger charge is -2.13. The normalized spacial score (nSPS) is 14.8. The van der Waals surface area contributed by atoms with Crippen LogP contribution in [-0.2, 0) is 4.79 Å². The van der Waals surface area contributed by atoms with E-state index in [-0.39, 0.29) is 5.91 Å². The van der Waals surface area contributed by atoms with E-state index in [0.717, 1.165) is 24.2 Å². The Morgan fingerprint density at radius 2 is 1.96 bits per heavy atom. The van der Waals surface area contributed by atoms with Crippen LogP contribution in [0.4, 0.5) is 5.82 Å². The molecule has 0 radical (unpaired) electrons. The van der Waals surface area contributed by atoms with E-state index in [1.165, 1.54) is 18.9 Å². The number of anilines is 1. The molecule has 0 atom stereocenters. The fourth-order valence-electron chi connectivity index (χ4n) is 3.15. The monoisotopic (exact) mass is 341 g/mol. The highest BCUT2D eigenvalue weighted by Gasteiger charge is 2.20. The van der Waals surface area contributed by atoms with Crippen LogP contribution in [0.1, 0.15) is 37.3 Å².